The maximum atomic E-state index is 13.4. The van der Waals surface area contributed by atoms with Gasteiger partial charge in [0, 0.05) is 5.02 Å². The summed E-state index contributed by atoms with van der Waals surface area (Å²) in [7, 11) is 1.83. The van der Waals surface area contributed by atoms with Crippen LogP contribution in [0.4, 0.5) is 4.39 Å². The van der Waals surface area contributed by atoms with E-state index in [0.717, 1.165) is 5.56 Å². The summed E-state index contributed by atoms with van der Waals surface area (Å²) < 4.78 is 24.5. The standard InChI is InChI=1S/C13H17ClFNO2/c1-8-5-9(10(14)6-11(8)15)13(16-2)12-7-17-3-4-18-12/h5-6,12-13,16H,3-4,7H2,1-2H3. The fourth-order valence-electron chi connectivity index (χ4n) is 2.16. The maximum Gasteiger partial charge on any atom is 0.127 e. The van der Waals surface area contributed by atoms with Crippen molar-refractivity contribution in [3.05, 3.63) is 34.1 Å². The molecule has 1 N–H and O–H groups in total. The molecule has 1 aromatic carbocycles. The maximum absolute atomic E-state index is 13.4. The molecule has 2 unspecified atom stereocenters. The number of hydrogen-bond acceptors (Lipinski definition) is 3. The first-order chi connectivity index (χ1) is 8.63. The predicted octanol–water partition coefficient (Wildman–Crippen LogP) is 2.46. The van der Waals surface area contributed by atoms with Gasteiger partial charge in [-0.05, 0) is 31.2 Å². The first-order valence-electron chi connectivity index (χ1n) is 5.95. The predicted molar refractivity (Wildman–Crippen MR) is 68.5 cm³/mol. The Morgan fingerprint density at radius 1 is 1.44 bits per heavy atom. The minimum absolute atomic E-state index is 0.0999. The van der Waals surface area contributed by atoms with Crippen LogP contribution in [-0.4, -0.2) is 33.0 Å². The van der Waals surface area contributed by atoms with Crippen LogP contribution in [0.15, 0.2) is 12.1 Å². The molecular weight excluding hydrogens is 257 g/mol. The third-order valence-corrected chi connectivity index (χ3v) is 3.46. The zero-order valence-electron chi connectivity index (χ0n) is 10.5. The van der Waals surface area contributed by atoms with Gasteiger partial charge in [0.25, 0.3) is 0 Å². The van der Waals surface area contributed by atoms with E-state index < -0.39 is 0 Å². The van der Waals surface area contributed by atoms with E-state index in [0.29, 0.717) is 30.4 Å². The number of benzene rings is 1. The first-order valence-corrected chi connectivity index (χ1v) is 6.33. The average Bonchev–Trinajstić information content (AvgIpc) is 2.38. The number of halogens is 2. The van der Waals surface area contributed by atoms with Crippen molar-refractivity contribution in [2.75, 3.05) is 26.9 Å². The fraction of sp³-hybridized carbons (Fsp3) is 0.538. The Kier molecular flexibility index (Phi) is 4.56. The molecule has 3 nitrogen and oxygen atoms in total. The van der Waals surface area contributed by atoms with E-state index in [9.17, 15) is 4.39 Å². The molecule has 5 heteroatoms. The molecule has 18 heavy (non-hydrogen) atoms. The summed E-state index contributed by atoms with van der Waals surface area (Å²) >= 11 is 6.12. The molecule has 1 aliphatic rings. The summed E-state index contributed by atoms with van der Waals surface area (Å²) in [4.78, 5) is 0. The Hall–Kier alpha value is -0.680. The molecule has 2 rings (SSSR count). The second kappa shape index (κ2) is 5.97. The molecule has 2 atom stereocenters. The highest BCUT2D eigenvalue weighted by Gasteiger charge is 2.27. The summed E-state index contributed by atoms with van der Waals surface area (Å²) in [6, 6.07) is 3.01. The molecule has 0 aliphatic carbocycles. The lowest BCUT2D eigenvalue weighted by Gasteiger charge is -2.31. The van der Waals surface area contributed by atoms with Crippen LogP contribution in [0.25, 0.3) is 0 Å². The van der Waals surface area contributed by atoms with Crippen LogP contribution in [-0.2, 0) is 9.47 Å². The van der Waals surface area contributed by atoms with Crippen molar-refractivity contribution >= 4 is 11.6 Å². The van der Waals surface area contributed by atoms with Gasteiger partial charge in [0.05, 0.1) is 25.9 Å². The summed E-state index contributed by atoms with van der Waals surface area (Å²) in [5.41, 5.74) is 1.42. The Morgan fingerprint density at radius 3 is 2.83 bits per heavy atom. The molecule has 0 aromatic heterocycles. The van der Waals surface area contributed by atoms with Gasteiger partial charge in [-0.1, -0.05) is 17.7 Å². The van der Waals surface area contributed by atoms with Gasteiger partial charge < -0.3 is 14.8 Å². The summed E-state index contributed by atoms with van der Waals surface area (Å²) in [5, 5.41) is 3.57. The minimum atomic E-state index is -0.292. The number of nitrogens with one attached hydrogen (secondary N) is 1. The molecule has 0 amide bonds. The summed E-state index contributed by atoms with van der Waals surface area (Å²) in [5.74, 6) is -0.292. The molecule has 0 spiro atoms. The van der Waals surface area contributed by atoms with Crippen LogP contribution >= 0.6 is 11.6 Å². The van der Waals surface area contributed by atoms with Gasteiger partial charge >= 0.3 is 0 Å². The molecule has 0 saturated carbocycles. The van der Waals surface area contributed by atoms with Crippen LogP contribution in [0.1, 0.15) is 17.2 Å². The van der Waals surface area contributed by atoms with Crippen molar-refractivity contribution in [2.45, 2.75) is 19.1 Å². The number of likely N-dealkylation sites (N-methyl/N-ethyl adjacent to an activating group) is 1. The van der Waals surface area contributed by atoms with Crippen molar-refractivity contribution in [1.82, 2.24) is 5.32 Å². The Labute approximate surface area is 111 Å². The van der Waals surface area contributed by atoms with Crippen LogP contribution in [0, 0.1) is 12.7 Å². The smallest absolute Gasteiger partial charge is 0.127 e. The largest absolute Gasteiger partial charge is 0.376 e. The van der Waals surface area contributed by atoms with Crippen molar-refractivity contribution in [2.24, 2.45) is 0 Å². The monoisotopic (exact) mass is 273 g/mol. The van der Waals surface area contributed by atoms with Crippen LogP contribution in [0.5, 0.6) is 0 Å². The van der Waals surface area contributed by atoms with Gasteiger partial charge in [0.1, 0.15) is 11.9 Å². The second-order valence-corrected chi connectivity index (χ2v) is 4.78. The molecular formula is C13H17ClFNO2. The van der Waals surface area contributed by atoms with Crippen LogP contribution in [0.3, 0.4) is 0 Å². The molecule has 1 heterocycles. The van der Waals surface area contributed by atoms with E-state index >= 15 is 0 Å². The van der Waals surface area contributed by atoms with Gasteiger partial charge in [-0.3, -0.25) is 0 Å². The topological polar surface area (TPSA) is 30.5 Å². The second-order valence-electron chi connectivity index (χ2n) is 4.37. The van der Waals surface area contributed by atoms with E-state index in [1.165, 1.54) is 6.07 Å². The quantitative estimate of drug-likeness (QED) is 0.918. The zero-order valence-corrected chi connectivity index (χ0v) is 11.3. The minimum Gasteiger partial charge on any atom is -0.376 e. The first kappa shape index (κ1) is 13.7. The molecule has 1 saturated heterocycles. The number of hydrogen-bond donors (Lipinski definition) is 1. The van der Waals surface area contributed by atoms with Crippen molar-refractivity contribution in [1.29, 1.82) is 0 Å². The lowest BCUT2D eigenvalue weighted by Crippen LogP contribution is -2.39. The summed E-state index contributed by atoms with van der Waals surface area (Å²) in [6.07, 6.45) is -0.105. The third kappa shape index (κ3) is 2.83. The third-order valence-electron chi connectivity index (χ3n) is 3.14. The highest BCUT2D eigenvalue weighted by molar-refractivity contribution is 6.31. The van der Waals surface area contributed by atoms with E-state index in [-0.39, 0.29) is 18.0 Å². The Balaban J connectivity index is 2.28. The Morgan fingerprint density at radius 2 is 2.22 bits per heavy atom. The van der Waals surface area contributed by atoms with Crippen molar-refractivity contribution in [3.8, 4) is 0 Å². The SMILES string of the molecule is CNC(c1cc(C)c(F)cc1Cl)C1COCCO1. The lowest BCUT2D eigenvalue weighted by molar-refractivity contribution is -0.101. The van der Waals surface area contributed by atoms with Crippen molar-refractivity contribution in [3.63, 3.8) is 0 Å². The lowest BCUT2D eigenvalue weighted by atomic mass is 9.99. The molecule has 0 bridgehead atoms. The van der Waals surface area contributed by atoms with Gasteiger partial charge in [0.2, 0.25) is 0 Å². The Bertz CT molecular complexity index is 422. The van der Waals surface area contributed by atoms with Gasteiger partial charge in [-0.25, -0.2) is 4.39 Å². The molecule has 100 valence electrons. The van der Waals surface area contributed by atoms with E-state index in [4.69, 9.17) is 21.1 Å². The molecule has 0 radical (unpaired) electrons. The number of ether oxygens (including phenoxy) is 2. The zero-order chi connectivity index (χ0) is 13.1. The van der Waals surface area contributed by atoms with E-state index in [2.05, 4.69) is 5.32 Å². The van der Waals surface area contributed by atoms with E-state index in [1.807, 2.05) is 7.05 Å². The van der Waals surface area contributed by atoms with Gasteiger partial charge in [-0.15, -0.1) is 0 Å². The molecule has 1 aromatic rings. The molecule has 1 fully saturated rings. The number of rotatable bonds is 3. The van der Waals surface area contributed by atoms with Gasteiger partial charge in [0.15, 0.2) is 0 Å². The average molecular weight is 274 g/mol. The van der Waals surface area contributed by atoms with Crippen LogP contribution in [0.2, 0.25) is 5.02 Å². The highest BCUT2D eigenvalue weighted by atomic mass is 35.5. The molecule has 1 aliphatic heterocycles. The van der Waals surface area contributed by atoms with E-state index in [1.54, 1.807) is 13.0 Å². The number of aryl methyl sites for hydroxylation is 1. The van der Waals surface area contributed by atoms with Gasteiger partial charge in [-0.2, -0.15) is 0 Å². The van der Waals surface area contributed by atoms with Crippen molar-refractivity contribution < 1.29 is 13.9 Å². The van der Waals surface area contributed by atoms with Crippen LogP contribution < -0.4 is 5.32 Å². The summed E-state index contributed by atoms with van der Waals surface area (Å²) in [6.45, 7) is 3.42. The fourth-order valence-corrected chi connectivity index (χ4v) is 2.43. The highest BCUT2D eigenvalue weighted by Crippen LogP contribution is 2.29. The normalized spacial score (nSPS) is 21.9.